The van der Waals surface area contributed by atoms with Crippen LogP contribution >= 0.6 is 27.7 Å². The number of hydrazine groups is 1. The van der Waals surface area contributed by atoms with Gasteiger partial charge in [-0.1, -0.05) is 11.8 Å². The molecular formula is C27H26BrF5N4O4S. The molecule has 8 nitrogen and oxygen atoms in total. The Morgan fingerprint density at radius 2 is 1.81 bits per heavy atom. The first-order valence-corrected chi connectivity index (χ1v) is 14.0. The number of benzene rings is 2. The maximum atomic E-state index is 14.0. The third kappa shape index (κ3) is 8.11. The molecule has 0 aliphatic carbocycles. The first kappa shape index (κ1) is 32.0. The highest BCUT2D eigenvalue weighted by Gasteiger charge is 2.36. The molecule has 1 aliphatic rings. The molecule has 15 heteroatoms. The highest BCUT2D eigenvalue weighted by Crippen LogP contribution is 2.33. The van der Waals surface area contributed by atoms with E-state index in [9.17, 15) is 27.1 Å². The summed E-state index contributed by atoms with van der Waals surface area (Å²) >= 11 is 4.61. The lowest BCUT2D eigenvalue weighted by atomic mass is 10.1. The van der Waals surface area contributed by atoms with Gasteiger partial charge in [0.05, 0.1) is 31.6 Å². The standard InChI is InChI=1S/C27H26BrF5N4O4S/c1-13-24(12-39-13)41-27(42-17-6-16(28)7-36-8-17)23(40-11-14-2-20(31)26(38)21(32)3-14)10-37(35)9-22(34)15-4-18(29)25(33)19(30)5-15/h2-9,13,23-24,27,38H,10-12,34-35H2,1H3/b22-9-/t13?,23-,24?,27?/m0/s1. The van der Waals surface area contributed by atoms with Crippen molar-refractivity contribution in [2.75, 3.05) is 13.2 Å². The Morgan fingerprint density at radius 3 is 2.38 bits per heavy atom. The molecule has 0 bridgehead atoms. The highest BCUT2D eigenvalue weighted by atomic mass is 79.9. The Bertz CT molecular complexity index is 1410. The summed E-state index contributed by atoms with van der Waals surface area (Å²) in [7, 11) is 0. The van der Waals surface area contributed by atoms with Gasteiger partial charge in [-0.3, -0.25) is 4.98 Å². The Labute approximate surface area is 250 Å². The van der Waals surface area contributed by atoms with Crippen LogP contribution < -0.4 is 11.6 Å². The zero-order valence-corrected chi connectivity index (χ0v) is 24.3. The third-order valence-corrected chi connectivity index (χ3v) is 7.72. The first-order chi connectivity index (χ1) is 19.9. The van der Waals surface area contributed by atoms with Crippen molar-refractivity contribution in [1.82, 2.24) is 9.99 Å². The van der Waals surface area contributed by atoms with Gasteiger partial charge in [0.25, 0.3) is 0 Å². The molecule has 3 unspecified atom stereocenters. The maximum absolute atomic E-state index is 14.0. The van der Waals surface area contributed by atoms with Crippen LogP contribution in [0.2, 0.25) is 0 Å². The number of rotatable bonds is 12. The molecule has 0 amide bonds. The second-order valence-corrected chi connectivity index (χ2v) is 11.4. The van der Waals surface area contributed by atoms with E-state index in [0.717, 1.165) is 29.3 Å². The fourth-order valence-electron chi connectivity index (χ4n) is 3.83. The van der Waals surface area contributed by atoms with Gasteiger partial charge in [-0.25, -0.2) is 27.8 Å². The molecule has 5 N–H and O–H groups in total. The molecule has 1 saturated heterocycles. The number of hydrogen-bond donors (Lipinski definition) is 3. The second kappa shape index (κ2) is 14.0. The average molecular weight is 677 g/mol. The predicted octanol–water partition coefficient (Wildman–Crippen LogP) is 5.19. The van der Waals surface area contributed by atoms with Crippen molar-refractivity contribution in [3.63, 3.8) is 0 Å². The molecule has 4 rings (SSSR count). The van der Waals surface area contributed by atoms with Crippen LogP contribution in [0.25, 0.3) is 5.70 Å². The van der Waals surface area contributed by atoms with Crippen molar-refractivity contribution in [2.24, 2.45) is 11.6 Å². The van der Waals surface area contributed by atoms with Crippen molar-refractivity contribution >= 4 is 33.4 Å². The van der Waals surface area contributed by atoms with Gasteiger partial charge in [-0.15, -0.1) is 0 Å². The van der Waals surface area contributed by atoms with Crippen molar-refractivity contribution < 1.29 is 41.3 Å². The first-order valence-electron chi connectivity index (χ1n) is 12.4. The number of aromatic nitrogens is 1. The van der Waals surface area contributed by atoms with E-state index in [1.54, 1.807) is 18.5 Å². The molecule has 2 aromatic carbocycles. The molecule has 0 spiro atoms. The van der Waals surface area contributed by atoms with E-state index in [1.165, 1.54) is 18.0 Å². The summed E-state index contributed by atoms with van der Waals surface area (Å²) in [4.78, 5) is 4.84. The van der Waals surface area contributed by atoms with Crippen LogP contribution in [0.3, 0.4) is 0 Å². The molecule has 0 radical (unpaired) electrons. The lowest BCUT2D eigenvalue weighted by Crippen LogP contribution is -2.50. The maximum Gasteiger partial charge on any atom is 0.194 e. The summed E-state index contributed by atoms with van der Waals surface area (Å²) in [6, 6.07) is 5.09. The lowest BCUT2D eigenvalue weighted by molar-refractivity contribution is -0.201. The summed E-state index contributed by atoms with van der Waals surface area (Å²) < 4.78 is 87.4. The smallest absolute Gasteiger partial charge is 0.194 e. The van der Waals surface area contributed by atoms with Gasteiger partial charge in [0.15, 0.2) is 34.8 Å². The molecule has 1 aromatic heterocycles. The Balaban J connectivity index is 1.62. The number of pyridine rings is 1. The summed E-state index contributed by atoms with van der Waals surface area (Å²) in [6.45, 7) is 1.69. The van der Waals surface area contributed by atoms with E-state index in [0.29, 0.717) is 16.0 Å². The Morgan fingerprint density at radius 1 is 1.14 bits per heavy atom. The largest absolute Gasteiger partial charge is 0.503 e. The zero-order valence-electron chi connectivity index (χ0n) is 21.9. The second-order valence-electron chi connectivity index (χ2n) is 9.33. The van der Waals surface area contributed by atoms with E-state index >= 15 is 0 Å². The number of aromatic hydroxyl groups is 1. The van der Waals surface area contributed by atoms with Crippen molar-refractivity contribution in [2.45, 2.75) is 42.2 Å². The SMILES string of the molecule is CC1OCC1OC(Sc1cncc(Br)c1)[C@H](CN(N)/C=C(\N)c1cc(F)c(F)c(F)c1)OCc1cc(F)c(O)c(F)c1. The molecule has 1 aliphatic heterocycles. The fraction of sp³-hybridized carbons (Fsp3) is 0.296. The lowest BCUT2D eigenvalue weighted by Gasteiger charge is -2.39. The fourth-order valence-corrected chi connectivity index (χ4v) is 5.45. The van der Waals surface area contributed by atoms with Crippen LogP contribution in [0.15, 0.2) is 58.3 Å². The molecule has 226 valence electrons. The molecule has 0 saturated carbocycles. The topological polar surface area (TPSA) is 116 Å². The van der Waals surface area contributed by atoms with E-state index in [1.807, 2.05) is 6.92 Å². The zero-order chi connectivity index (χ0) is 30.6. The minimum Gasteiger partial charge on any atom is -0.503 e. The van der Waals surface area contributed by atoms with E-state index in [2.05, 4.69) is 20.9 Å². The number of phenolic OH excluding ortho intramolecular Hbond substituents is 1. The molecule has 2 heterocycles. The van der Waals surface area contributed by atoms with Gasteiger partial charge >= 0.3 is 0 Å². The van der Waals surface area contributed by atoms with Crippen LogP contribution in [-0.2, 0) is 20.8 Å². The summed E-state index contributed by atoms with van der Waals surface area (Å²) in [5.74, 6) is -1.75. The number of phenols is 1. The van der Waals surface area contributed by atoms with Gasteiger partial charge in [-0.2, -0.15) is 0 Å². The number of hydrogen-bond acceptors (Lipinski definition) is 9. The normalized spacial score (nSPS) is 18.4. The van der Waals surface area contributed by atoms with Crippen LogP contribution in [0, 0.1) is 29.1 Å². The minimum atomic E-state index is -1.64. The Hall–Kier alpha value is -2.95. The van der Waals surface area contributed by atoms with E-state index in [-0.39, 0.29) is 42.2 Å². The molecule has 3 aromatic rings. The third-order valence-electron chi connectivity index (χ3n) is 6.15. The van der Waals surface area contributed by atoms with Crippen LogP contribution in [0.5, 0.6) is 5.75 Å². The monoisotopic (exact) mass is 676 g/mol. The van der Waals surface area contributed by atoms with Gasteiger partial charge < -0.3 is 30.1 Å². The van der Waals surface area contributed by atoms with E-state index in [4.69, 9.17) is 25.8 Å². The molecule has 4 atom stereocenters. The van der Waals surface area contributed by atoms with Gasteiger partial charge in [0, 0.05) is 33.5 Å². The summed E-state index contributed by atoms with van der Waals surface area (Å²) in [5, 5.41) is 10.5. The molecule has 1 fully saturated rings. The van der Waals surface area contributed by atoms with Crippen LogP contribution in [0.4, 0.5) is 22.0 Å². The van der Waals surface area contributed by atoms with Gasteiger partial charge in [0.1, 0.15) is 17.6 Å². The molecule has 42 heavy (non-hydrogen) atoms. The quantitative estimate of drug-likeness (QED) is 0.0596. The minimum absolute atomic E-state index is 0.0805. The van der Waals surface area contributed by atoms with Gasteiger partial charge in [-0.05, 0) is 58.7 Å². The average Bonchev–Trinajstić information content (AvgIpc) is 2.93. The number of ether oxygens (including phenoxy) is 3. The number of halogens is 6. The number of nitrogens with zero attached hydrogens (tertiary/aromatic N) is 2. The van der Waals surface area contributed by atoms with Crippen LogP contribution in [0.1, 0.15) is 18.1 Å². The summed E-state index contributed by atoms with van der Waals surface area (Å²) in [5.41, 5.74) is 4.94. The van der Waals surface area contributed by atoms with Crippen LogP contribution in [-0.4, -0.2) is 52.0 Å². The van der Waals surface area contributed by atoms with Gasteiger partial charge in [0.2, 0.25) is 0 Å². The number of thioether (sulfide) groups is 1. The number of nitrogens with two attached hydrogens (primary N) is 2. The van der Waals surface area contributed by atoms with Crippen molar-refractivity contribution in [3.8, 4) is 5.75 Å². The Kier molecular flexibility index (Phi) is 10.7. The molecular weight excluding hydrogens is 651 g/mol. The van der Waals surface area contributed by atoms with E-state index < -0.39 is 46.4 Å². The highest BCUT2D eigenvalue weighted by molar-refractivity contribution is 9.10. The predicted molar refractivity (Wildman–Crippen MR) is 148 cm³/mol. The van der Waals surface area contributed by atoms with Crippen molar-refractivity contribution in [3.05, 3.63) is 93.6 Å². The van der Waals surface area contributed by atoms with Crippen molar-refractivity contribution in [1.29, 1.82) is 0 Å². The summed E-state index contributed by atoms with van der Waals surface area (Å²) in [6.07, 6.45) is 2.92.